The second-order valence-corrected chi connectivity index (χ2v) is 20.4. The van der Waals surface area contributed by atoms with E-state index >= 15 is 0 Å². The van der Waals surface area contributed by atoms with Crippen molar-refractivity contribution < 1.29 is 18.9 Å². The first-order valence-corrected chi connectivity index (χ1v) is 24.1. The van der Waals surface area contributed by atoms with E-state index in [-0.39, 0.29) is 0 Å². The van der Waals surface area contributed by atoms with Crippen molar-refractivity contribution in [1.82, 2.24) is 0 Å². The van der Waals surface area contributed by atoms with Crippen molar-refractivity contribution in [2.24, 2.45) is 10.8 Å². The first-order valence-electron chi connectivity index (χ1n) is 20.9. The second-order valence-electron chi connectivity index (χ2n) is 15.9. The summed E-state index contributed by atoms with van der Waals surface area (Å²) in [6.45, 7) is 11.5. The van der Waals surface area contributed by atoms with Crippen molar-refractivity contribution in [3.8, 4) is 40.4 Å². The van der Waals surface area contributed by atoms with E-state index in [0.717, 1.165) is 72.1 Å². The maximum absolute atomic E-state index is 5.98. The molecule has 0 amide bonds. The maximum Gasteiger partial charge on any atom is 0.0566 e. The predicted octanol–water partition coefficient (Wildman–Crippen LogP) is 14.1. The lowest BCUT2D eigenvalue weighted by Crippen LogP contribution is -2.45. The number of rotatable bonds is 25. The van der Waals surface area contributed by atoms with E-state index in [1.165, 1.54) is 114 Å². The molecule has 0 saturated carbocycles. The lowest BCUT2D eigenvalue weighted by atomic mass is 9.84. The molecular weight excluding hydrogens is 757 g/mol. The SMILES string of the molecule is CCC1(COCCCCCCCc2ccc(-c3ccc(-c4ccc(-c5ccc(-c6ccc(CCCCCCOCC7(CC)COC7)s6)s5)cc4)s3)s2)COC1. The summed E-state index contributed by atoms with van der Waals surface area (Å²) >= 11 is 7.75. The first-order chi connectivity index (χ1) is 27.1. The molecule has 296 valence electrons. The van der Waals surface area contributed by atoms with Crippen LogP contribution in [0.15, 0.2) is 72.8 Å². The highest BCUT2D eigenvalue weighted by Crippen LogP contribution is 2.41. The topological polar surface area (TPSA) is 36.9 Å². The van der Waals surface area contributed by atoms with Gasteiger partial charge in [0.2, 0.25) is 0 Å². The molecule has 8 heteroatoms. The minimum absolute atomic E-state index is 0.303. The van der Waals surface area contributed by atoms with Gasteiger partial charge in [0.15, 0.2) is 0 Å². The highest BCUT2D eigenvalue weighted by atomic mass is 32.1. The Labute approximate surface area is 346 Å². The summed E-state index contributed by atoms with van der Waals surface area (Å²) in [4.78, 5) is 11.2. The number of hydrogen-bond acceptors (Lipinski definition) is 8. The highest BCUT2D eigenvalue weighted by molar-refractivity contribution is 7.24. The van der Waals surface area contributed by atoms with E-state index in [1.54, 1.807) is 0 Å². The van der Waals surface area contributed by atoms with Crippen molar-refractivity contribution in [1.29, 1.82) is 0 Å². The second kappa shape index (κ2) is 20.5. The molecule has 0 unspecified atom stereocenters. The van der Waals surface area contributed by atoms with Gasteiger partial charge in [0, 0.05) is 63.1 Å². The van der Waals surface area contributed by atoms with Gasteiger partial charge >= 0.3 is 0 Å². The van der Waals surface area contributed by atoms with Gasteiger partial charge in [-0.1, -0.05) is 70.2 Å². The van der Waals surface area contributed by atoms with Crippen LogP contribution in [-0.2, 0) is 31.8 Å². The Morgan fingerprint density at radius 2 is 0.800 bits per heavy atom. The number of unbranched alkanes of at least 4 members (excludes halogenated alkanes) is 7. The average molecular weight is 817 g/mol. The van der Waals surface area contributed by atoms with Crippen molar-refractivity contribution in [3.63, 3.8) is 0 Å². The van der Waals surface area contributed by atoms with E-state index in [1.807, 2.05) is 45.3 Å². The van der Waals surface area contributed by atoms with Crippen LogP contribution >= 0.6 is 45.3 Å². The molecule has 0 radical (unpaired) electrons. The lowest BCUT2D eigenvalue weighted by molar-refractivity contribution is -0.150. The Morgan fingerprint density at radius 3 is 1.20 bits per heavy atom. The summed E-state index contributed by atoms with van der Waals surface area (Å²) in [5, 5.41) is 0. The molecule has 2 aliphatic rings. The molecule has 0 aliphatic carbocycles. The van der Waals surface area contributed by atoms with E-state index in [4.69, 9.17) is 18.9 Å². The number of aryl methyl sites for hydroxylation is 2. The molecule has 6 heterocycles. The summed E-state index contributed by atoms with van der Waals surface area (Å²) < 4.78 is 22.8. The van der Waals surface area contributed by atoms with Gasteiger partial charge in [0.05, 0.1) is 39.6 Å². The lowest BCUT2D eigenvalue weighted by Gasteiger charge is -2.40. The summed E-state index contributed by atoms with van der Waals surface area (Å²) in [6, 6.07) is 27.7. The molecule has 4 nitrogen and oxygen atoms in total. The molecular formula is C47H60O4S4. The molecule has 0 bridgehead atoms. The number of ether oxygens (including phenoxy) is 4. The highest BCUT2D eigenvalue weighted by Gasteiger charge is 2.37. The van der Waals surface area contributed by atoms with Crippen LogP contribution in [-0.4, -0.2) is 52.9 Å². The van der Waals surface area contributed by atoms with Crippen LogP contribution in [0.5, 0.6) is 0 Å². The summed E-state index contributed by atoms with van der Waals surface area (Å²) in [6.07, 6.45) is 15.9. The van der Waals surface area contributed by atoms with Crippen LogP contribution in [0.4, 0.5) is 0 Å². The van der Waals surface area contributed by atoms with Gasteiger partial charge in [-0.25, -0.2) is 0 Å². The molecule has 0 spiro atoms. The van der Waals surface area contributed by atoms with Crippen LogP contribution in [0.2, 0.25) is 0 Å². The average Bonchev–Trinajstić information content (AvgIpc) is 4.01. The number of hydrogen-bond donors (Lipinski definition) is 0. The smallest absolute Gasteiger partial charge is 0.0566 e. The fourth-order valence-electron chi connectivity index (χ4n) is 7.37. The zero-order chi connectivity index (χ0) is 37.8. The summed E-state index contributed by atoms with van der Waals surface area (Å²) in [5.74, 6) is 0. The quantitative estimate of drug-likeness (QED) is 0.0550. The summed E-state index contributed by atoms with van der Waals surface area (Å²) in [7, 11) is 0. The molecule has 2 aliphatic heterocycles. The third-order valence-electron chi connectivity index (χ3n) is 11.6. The van der Waals surface area contributed by atoms with Gasteiger partial charge in [-0.15, -0.1) is 45.3 Å². The van der Waals surface area contributed by atoms with E-state index in [2.05, 4.69) is 86.6 Å². The van der Waals surface area contributed by atoms with E-state index < -0.39 is 0 Å². The van der Waals surface area contributed by atoms with Crippen molar-refractivity contribution in [3.05, 3.63) is 82.6 Å². The zero-order valence-corrected chi connectivity index (χ0v) is 36.3. The molecule has 2 fully saturated rings. The van der Waals surface area contributed by atoms with Crippen LogP contribution in [0.25, 0.3) is 40.4 Å². The van der Waals surface area contributed by atoms with Crippen LogP contribution in [0.3, 0.4) is 0 Å². The molecule has 5 aromatic rings. The van der Waals surface area contributed by atoms with Crippen LogP contribution < -0.4 is 0 Å². The van der Waals surface area contributed by atoms with Gasteiger partial charge in [-0.2, -0.15) is 0 Å². The third-order valence-corrected chi connectivity index (χ3v) is 16.5. The largest absolute Gasteiger partial charge is 0.381 e. The Kier molecular flexibility index (Phi) is 15.3. The Balaban J connectivity index is 0.793. The molecule has 0 N–H and O–H groups in total. The van der Waals surface area contributed by atoms with Gasteiger partial charge in [-0.3, -0.25) is 0 Å². The van der Waals surface area contributed by atoms with Crippen LogP contribution in [0, 0.1) is 10.8 Å². The fourth-order valence-corrected chi connectivity index (χ4v) is 11.7. The van der Waals surface area contributed by atoms with E-state index in [0.29, 0.717) is 10.8 Å². The molecule has 7 rings (SSSR count). The normalized spacial score (nSPS) is 16.0. The number of benzene rings is 1. The minimum Gasteiger partial charge on any atom is -0.381 e. The van der Waals surface area contributed by atoms with Crippen molar-refractivity contribution >= 4 is 45.3 Å². The molecule has 1 aromatic carbocycles. The zero-order valence-electron chi connectivity index (χ0n) is 33.0. The molecule has 4 aromatic heterocycles. The monoisotopic (exact) mass is 816 g/mol. The third kappa shape index (κ3) is 11.3. The Hall–Kier alpha value is -2.14. The first kappa shape index (κ1) is 41.0. The van der Waals surface area contributed by atoms with Gasteiger partial charge in [0.1, 0.15) is 0 Å². The molecule has 0 atom stereocenters. The fraction of sp³-hybridized carbons (Fsp3) is 0.532. The van der Waals surface area contributed by atoms with E-state index in [9.17, 15) is 0 Å². The number of thiophene rings is 4. The summed E-state index contributed by atoms with van der Waals surface area (Å²) in [5.41, 5.74) is 3.20. The maximum atomic E-state index is 5.98. The Bertz CT molecular complexity index is 1840. The van der Waals surface area contributed by atoms with Gasteiger partial charge in [-0.05, 0) is 111 Å². The van der Waals surface area contributed by atoms with Crippen LogP contribution in [0.1, 0.15) is 94.2 Å². The predicted molar refractivity (Wildman–Crippen MR) is 237 cm³/mol. The van der Waals surface area contributed by atoms with Crippen molar-refractivity contribution in [2.75, 3.05) is 52.9 Å². The minimum atomic E-state index is 0.303. The van der Waals surface area contributed by atoms with Gasteiger partial charge < -0.3 is 18.9 Å². The molecule has 55 heavy (non-hydrogen) atoms. The standard InChI is InChI=1S/C47H60O4S4/c1-3-46(32-50-33-46)30-48-28-12-8-5-6-10-14-38-20-22-42(52-38)44-26-24-40(54-44)36-16-18-37(19-17-36)41-25-27-45(55-41)43-23-21-39(53-43)15-11-7-9-13-29-49-31-47(4-2)34-51-35-47/h16-27H,3-15,28-35H2,1-2H3. The Morgan fingerprint density at radius 1 is 0.436 bits per heavy atom. The van der Waals surface area contributed by atoms with Gasteiger partial charge in [0.25, 0.3) is 0 Å². The molecule has 2 saturated heterocycles. The van der Waals surface area contributed by atoms with Crippen molar-refractivity contribution in [2.45, 2.75) is 97.3 Å².